The maximum atomic E-state index is 5.55. The van der Waals surface area contributed by atoms with Crippen molar-refractivity contribution < 1.29 is 0 Å². The van der Waals surface area contributed by atoms with Crippen LogP contribution in [-0.4, -0.2) is 5.88 Å². The Bertz CT molecular complexity index is 207. The molecule has 0 aliphatic carbocycles. The van der Waals surface area contributed by atoms with Gasteiger partial charge in [-0.2, -0.15) is 0 Å². The van der Waals surface area contributed by atoms with Crippen LogP contribution >= 0.6 is 11.6 Å². The van der Waals surface area contributed by atoms with E-state index in [1.54, 1.807) is 0 Å². The molecule has 0 fully saturated rings. The molecule has 0 aromatic rings. The van der Waals surface area contributed by atoms with Crippen molar-refractivity contribution in [1.29, 1.82) is 0 Å². The number of unbranched alkanes of at least 4 members (excludes halogenated alkanes) is 7. The Labute approximate surface area is 106 Å². The van der Waals surface area contributed by atoms with Gasteiger partial charge in [-0.05, 0) is 25.3 Å². The number of alkyl halides is 1. The van der Waals surface area contributed by atoms with E-state index in [4.69, 9.17) is 11.6 Å². The second kappa shape index (κ2) is 14.6. The van der Waals surface area contributed by atoms with Crippen LogP contribution in [0.3, 0.4) is 0 Å². The molecular formula is C15H25Cl. The van der Waals surface area contributed by atoms with Crippen molar-refractivity contribution in [3.63, 3.8) is 0 Å². The van der Waals surface area contributed by atoms with Crippen LogP contribution in [0.2, 0.25) is 0 Å². The SMILES string of the molecule is CCCCCCCC/C=C/C#CCCCCl. The maximum Gasteiger partial charge on any atom is 0.0232 e. The standard InChI is InChI=1S/C15H25Cl/c1-2-3-4-5-6-7-8-9-10-11-12-13-14-15-16/h9-10H,2-8,13-15H2,1H3/b10-9+. The average molecular weight is 241 g/mol. The Hall–Kier alpha value is -0.410. The van der Waals surface area contributed by atoms with Gasteiger partial charge in [-0.25, -0.2) is 0 Å². The van der Waals surface area contributed by atoms with E-state index in [1.807, 2.05) is 6.08 Å². The van der Waals surface area contributed by atoms with Crippen molar-refractivity contribution in [2.24, 2.45) is 0 Å². The van der Waals surface area contributed by atoms with E-state index >= 15 is 0 Å². The van der Waals surface area contributed by atoms with Gasteiger partial charge in [0.2, 0.25) is 0 Å². The zero-order chi connectivity index (χ0) is 11.9. The highest BCUT2D eigenvalue weighted by Gasteiger charge is 1.87. The van der Waals surface area contributed by atoms with Crippen molar-refractivity contribution in [2.75, 3.05) is 5.88 Å². The lowest BCUT2D eigenvalue weighted by Crippen LogP contribution is -1.77. The molecule has 0 saturated heterocycles. The molecular weight excluding hydrogens is 216 g/mol. The van der Waals surface area contributed by atoms with Crippen LogP contribution in [0.25, 0.3) is 0 Å². The quantitative estimate of drug-likeness (QED) is 0.291. The van der Waals surface area contributed by atoms with Crippen LogP contribution in [0.15, 0.2) is 12.2 Å². The van der Waals surface area contributed by atoms with E-state index in [0.717, 1.165) is 18.7 Å². The number of halogens is 1. The Morgan fingerprint density at radius 3 is 2.50 bits per heavy atom. The highest BCUT2D eigenvalue weighted by molar-refractivity contribution is 6.17. The van der Waals surface area contributed by atoms with Crippen LogP contribution in [-0.2, 0) is 0 Å². The second-order valence-electron chi connectivity index (χ2n) is 4.07. The summed E-state index contributed by atoms with van der Waals surface area (Å²) in [5, 5.41) is 0. The molecule has 0 amide bonds. The Morgan fingerprint density at radius 2 is 1.75 bits per heavy atom. The summed E-state index contributed by atoms with van der Waals surface area (Å²) in [4.78, 5) is 0. The molecule has 0 atom stereocenters. The second-order valence-corrected chi connectivity index (χ2v) is 4.45. The lowest BCUT2D eigenvalue weighted by molar-refractivity contribution is 0.611. The summed E-state index contributed by atoms with van der Waals surface area (Å²) in [6.07, 6.45) is 15.5. The Balaban J connectivity index is 3.17. The Kier molecular flexibility index (Phi) is 14.2. The fourth-order valence-electron chi connectivity index (χ4n) is 1.47. The van der Waals surface area contributed by atoms with Gasteiger partial charge in [0.15, 0.2) is 0 Å². The summed E-state index contributed by atoms with van der Waals surface area (Å²) in [5.41, 5.74) is 0. The fourth-order valence-corrected chi connectivity index (χ4v) is 1.60. The number of hydrogen-bond acceptors (Lipinski definition) is 0. The first-order chi connectivity index (χ1) is 7.91. The monoisotopic (exact) mass is 240 g/mol. The van der Waals surface area contributed by atoms with Gasteiger partial charge in [-0.15, -0.1) is 11.6 Å². The molecule has 92 valence electrons. The molecule has 0 bridgehead atoms. The molecule has 0 nitrogen and oxygen atoms in total. The van der Waals surface area contributed by atoms with Crippen molar-refractivity contribution in [3.05, 3.63) is 12.2 Å². The third-order valence-electron chi connectivity index (χ3n) is 2.46. The smallest absolute Gasteiger partial charge is 0.0232 e. The summed E-state index contributed by atoms with van der Waals surface area (Å²) < 4.78 is 0. The molecule has 0 unspecified atom stereocenters. The van der Waals surface area contributed by atoms with Crippen LogP contribution < -0.4 is 0 Å². The molecule has 0 aliphatic rings. The third kappa shape index (κ3) is 13.6. The van der Waals surface area contributed by atoms with Gasteiger partial charge in [0.25, 0.3) is 0 Å². The van der Waals surface area contributed by atoms with Crippen molar-refractivity contribution in [2.45, 2.75) is 64.7 Å². The van der Waals surface area contributed by atoms with E-state index in [-0.39, 0.29) is 0 Å². The first-order valence-corrected chi connectivity index (χ1v) is 7.14. The summed E-state index contributed by atoms with van der Waals surface area (Å²) in [7, 11) is 0. The van der Waals surface area contributed by atoms with Crippen molar-refractivity contribution in [3.8, 4) is 11.8 Å². The molecule has 0 spiro atoms. The zero-order valence-electron chi connectivity index (χ0n) is 10.6. The Morgan fingerprint density at radius 1 is 1.00 bits per heavy atom. The van der Waals surface area contributed by atoms with Crippen molar-refractivity contribution >= 4 is 11.6 Å². The van der Waals surface area contributed by atoms with Gasteiger partial charge in [0.05, 0.1) is 0 Å². The van der Waals surface area contributed by atoms with Crippen LogP contribution in [0, 0.1) is 11.8 Å². The largest absolute Gasteiger partial charge is 0.127 e. The van der Waals surface area contributed by atoms with Crippen LogP contribution in [0.4, 0.5) is 0 Å². The highest BCUT2D eigenvalue weighted by atomic mass is 35.5. The third-order valence-corrected chi connectivity index (χ3v) is 2.73. The van der Waals surface area contributed by atoms with Crippen molar-refractivity contribution in [1.82, 2.24) is 0 Å². The van der Waals surface area contributed by atoms with E-state index < -0.39 is 0 Å². The highest BCUT2D eigenvalue weighted by Crippen LogP contribution is 2.06. The summed E-state index contributed by atoms with van der Waals surface area (Å²) >= 11 is 5.55. The number of allylic oxidation sites excluding steroid dienone is 2. The molecule has 0 N–H and O–H groups in total. The molecule has 0 saturated carbocycles. The van der Waals surface area contributed by atoms with Gasteiger partial charge >= 0.3 is 0 Å². The lowest BCUT2D eigenvalue weighted by atomic mass is 10.1. The van der Waals surface area contributed by atoms with Gasteiger partial charge in [-0.1, -0.05) is 56.9 Å². The van der Waals surface area contributed by atoms with Gasteiger partial charge in [-0.3, -0.25) is 0 Å². The van der Waals surface area contributed by atoms with Crippen LogP contribution in [0.5, 0.6) is 0 Å². The molecule has 0 aromatic heterocycles. The zero-order valence-corrected chi connectivity index (χ0v) is 11.4. The summed E-state index contributed by atoms with van der Waals surface area (Å²) in [6.45, 7) is 2.26. The lowest BCUT2D eigenvalue weighted by Gasteiger charge is -1.96. The predicted octanol–water partition coefficient (Wildman–Crippen LogP) is 5.32. The van der Waals surface area contributed by atoms with Gasteiger partial charge in [0.1, 0.15) is 0 Å². The summed E-state index contributed by atoms with van der Waals surface area (Å²) in [5.74, 6) is 6.84. The molecule has 0 heterocycles. The first-order valence-electron chi connectivity index (χ1n) is 6.61. The van der Waals surface area contributed by atoms with E-state index in [1.165, 1.54) is 44.9 Å². The normalized spacial score (nSPS) is 10.4. The summed E-state index contributed by atoms with van der Waals surface area (Å²) in [6, 6.07) is 0. The molecule has 0 aliphatic heterocycles. The fraction of sp³-hybridized carbons (Fsp3) is 0.733. The molecule has 1 heteroatoms. The minimum Gasteiger partial charge on any atom is -0.127 e. The minimum absolute atomic E-state index is 0.718. The van der Waals surface area contributed by atoms with Crippen LogP contribution in [0.1, 0.15) is 64.7 Å². The number of rotatable bonds is 9. The molecule has 0 aromatic carbocycles. The predicted molar refractivity (Wildman–Crippen MR) is 74.9 cm³/mol. The maximum absolute atomic E-state index is 5.55. The topological polar surface area (TPSA) is 0 Å². The molecule has 0 rings (SSSR count). The van der Waals surface area contributed by atoms with E-state index in [9.17, 15) is 0 Å². The molecule has 0 radical (unpaired) electrons. The minimum atomic E-state index is 0.718. The molecule has 16 heavy (non-hydrogen) atoms. The first kappa shape index (κ1) is 15.6. The number of hydrogen-bond donors (Lipinski definition) is 0. The van der Waals surface area contributed by atoms with E-state index in [0.29, 0.717) is 0 Å². The van der Waals surface area contributed by atoms with Gasteiger partial charge < -0.3 is 0 Å². The van der Waals surface area contributed by atoms with E-state index in [2.05, 4.69) is 24.8 Å². The van der Waals surface area contributed by atoms with Gasteiger partial charge in [0, 0.05) is 12.3 Å². The average Bonchev–Trinajstić information content (AvgIpc) is 2.31.